The van der Waals surface area contributed by atoms with Crippen molar-refractivity contribution in [2.75, 3.05) is 59.7 Å². The fraction of sp³-hybridized carbons (Fsp3) is 0.474. The Morgan fingerprint density at radius 1 is 0.775 bits per heavy atom. The lowest BCUT2D eigenvalue weighted by molar-refractivity contribution is -0.438. The molecule has 9 rings (SSSR count). The number of aliphatic carboxylic acids is 1. The van der Waals surface area contributed by atoms with Gasteiger partial charge < -0.3 is 29.7 Å². The molecule has 23 heteroatoms. The fourth-order valence-corrected chi connectivity index (χ4v) is 14.6. The molecule has 1 amide bonds. The Labute approximate surface area is 468 Å². The minimum atomic E-state index is -4.84. The van der Waals surface area contributed by atoms with E-state index in [1.165, 1.54) is 12.1 Å². The van der Waals surface area contributed by atoms with E-state index in [-0.39, 0.29) is 46.0 Å². The normalized spacial score (nSPS) is 19.7. The Hall–Kier alpha value is -6.37. The van der Waals surface area contributed by atoms with E-state index >= 15 is 0 Å². The third kappa shape index (κ3) is 12.0. The van der Waals surface area contributed by atoms with E-state index in [0.717, 1.165) is 40.3 Å². The second-order valence-corrected chi connectivity index (χ2v) is 26.5. The predicted octanol–water partition coefficient (Wildman–Crippen LogP) is 7.96. The van der Waals surface area contributed by atoms with Gasteiger partial charge in [0.05, 0.1) is 22.0 Å². The molecule has 4 aromatic carbocycles. The Bertz CT molecular complexity index is 3700. The number of piperidine rings is 2. The van der Waals surface area contributed by atoms with E-state index in [0.29, 0.717) is 124 Å². The van der Waals surface area contributed by atoms with Crippen LogP contribution in [0.1, 0.15) is 115 Å². The van der Waals surface area contributed by atoms with Gasteiger partial charge in [0.2, 0.25) is 23.5 Å². The van der Waals surface area contributed by atoms with Crippen molar-refractivity contribution in [1.82, 2.24) is 20.3 Å². The van der Waals surface area contributed by atoms with Crippen molar-refractivity contribution >= 4 is 92.8 Å². The predicted molar refractivity (Wildman–Crippen MR) is 305 cm³/mol. The Kier molecular flexibility index (Phi) is 16.7. The molecule has 428 valence electrons. The standard InChI is InChI=1S/C57H70N8O12S3/c1-6-29-57(5)49(65(31-13-36-78(69,70)71)45-24-22-41-43(52(45)57)15-11-17-47(41)80(75,76)77)19-12-18-48-56(3,4)51-42-14-10-16-46(79(72,73)74)40(42)21-23-44(51)64(48)30-9-7-8-20-50(66)60-39-27-34-63(35-28-39)55-59-37(2)58-54(61-55)62-32-25-38(26-33-62)53(67)68/h10-12,14-19,21-24,38-39H,6-9,13,20,25-36H2,1-5H3,(H4-,60,66,67,68,69,70,71,72,73,74,75,76,77). The van der Waals surface area contributed by atoms with Gasteiger partial charge in [0.1, 0.15) is 27.4 Å². The zero-order valence-electron chi connectivity index (χ0n) is 45.8. The molecular formula is C57H70N8O12S3. The number of unbranched alkanes of at least 4 members (excludes halogenated alkanes) is 2. The number of carboxylic acid groups (broad SMARTS) is 1. The molecule has 0 saturated carbocycles. The monoisotopic (exact) mass is 1150 g/mol. The molecule has 4 aliphatic heterocycles. The number of rotatable bonds is 20. The highest BCUT2D eigenvalue weighted by Crippen LogP contribution is 2.54. The van der Waals surface area contributed by atoms with E-state index in [2.05, 4.69) is 45.5 Å². The number of carbonyl (C=O) groups excluding carboxylic acids is 1. The summed E-state index contributed by atoms with van der Waals surface area (Å²) in [6.07, 6.45) is 12.2. The van der Waals surface area contributed by atoms with Crippen molar-refractivity contribution in [2.45, 2.75) is 132 Å². The number of hydrogen-bond donors (Lipinski definition) is 4. The van der Waals surface area contributed by atoms with Crippen molar-refractivity contribution < 1.29 is 58.2 Å². The number of hydrogen-bond acceptors (Lipinski definition) is 15. The number of nitrogens with zero attached hydrogens (tertiary/aromatic N) is 7. The largest absolute Gasteiger partial charge is 0.744 e. The van der Waals surface area contributed by atoms with Gasteiger partial charge in [-0.25, -0.2) is 8.42 Å². The van der Waals surface area contributed by atoms with Crippen LogP contribution in [-0.4, -0.2) is 132 Å². The molecule has 80 heavy (non-hydrogen) atoms. The zero-order chi connectivity index (χ0) is 57.5. The summed E-state index contributed by atoms with van der Waals surface area (Å²) in [5, 5.41) is 14.6. The van der Waals surface area contributed by atoms with Crippen LogP contribution in [-0.2, 0) is 50.8 Å². The maximum Gasteiger partial charge on any atom is 0.306 e. The zero-order valence-corrected chi connectivity index (χ0v) is 48.2. The molecule has 4 N–H and O–H groups in total. The molecule has 0 bridgehead atoms. The third-order valence-corrected chi connectivity index (χ3v) is 19.0. The van der Waals surface area contributed by atoms with E-state index in [1.54, 1.807) is 36.4 Å². The topological polar surface area (TPSA) is 284 Å². The first-order valence-corrected chi connectivity index (χ1v) is 31.8. The molecule has 20 nitrogen and oxygen atoms in total. The molecule has 2 fully saturated rings. The van der Waals surface area contributed by atoms with Crippen LogP contribution in [0.25, 0.3) is 21.5 Å². The van der Waals surface area contributed by atoms with E-state index in [9.17, 15) is 53.6 Å². The number of amides is 1. The Morgan fingerprint density at radius 3 is 2.00 bits per heavy atom. The minimum absolute atomic E-state index is 0.00792. The van der Waals surface area contributed by atoms with Gasteiger partial charge >= 0.3 is 5.97 Å². The summed E-state index contributed by atoms with van der Waals surface area (Å²) in [6.45, 7) is 13.2. The van der Waals surface area contributed by atoms with Gasteiger partial charge in [0, 0.05) is 91.5 Å². The van der Waals surface area contributed by atoms with E-state index in [1.807, 2.05) is 54.0 Å². The average Bonchev–Trinajstić information content (AvgIpc) is 4.02. The second kappa shape index (κ2) is 22.9. The summed E-state index contributed by atoms with van der Waals surface area (Å²) < 4.78 is 109. The Morgan fingerprint density at radius 2 is 1.39 bits per heavy atom. The van der Waals surface area contributed by atoms with Crippen LogP contribution in [0.5, 0.6) is 0 Å². The van der Waals surface area contributed by atoms with Crippen LogP contribution in [0.3, 0.4) is 0 Å². The van der Waals surface area contributed by atoms with Crippen molar-refractivity contribution in [3.63, 3.8) is 0 Å². The smallest absolute Gasteiger partial charge is 0.306 e. The number of allylic oxidation sites excluding steroid dienone is 4. The fourth-order valence-electron chi connectivity index (χ4n) is 12.7. The van der Waals surface area contributed by atoms with Crippen molar-refractivity contribution in [3.8, 4) is 0 Å². The number of aromatic nitrogens is 3. The quantitative estimate of drug-likeness (QED) is 0.0326. The molecule has 1 aromatic heterocycles. The number of carboxylic acids is 1. The van der Waals surface area contributed by atoms with Gasteiger partial charge in [-0.15, -0.1) is 0 Å². The number of nitrogens with one attached hydrogen (secondary N) is 1. The summed E-state index contributed by atoms with van der Waals surface area (Å²) in [4.78, 5) is 44.4. The van der Waals surface area contributed by atoms with Gasteiger partial charge in [-0.3, -0.25) is 18.7 Å². The van der Waals surface area contributed by atoms with Gasteiger partial charge in [0.15, 0.2) is 5.71 Å². The highest BCUT2D eigenvalue weighted by Gasteiger charge is 2.47. The lowest BCUT2D eigenvalue weighted by Crippen LogP contribution is -2.45. The highest BCUT2D eigenvalue weighted by atomic mass is 32.2. The highest BCUT2D eigenvalue weighted by molar-refractivity contribution is 7.86. The van der Waals surface area contributed by atoms with Gasteiger partial charge in [-0.05, 0) is 131 Å². The first-order chi connectivity index (χ1) is 37.8. The second-order valence-electron chi connectivity index (χ2n) is 22.2. The Balaban J connectivity index is 0.943. The lowest BCUT2D eigenvalue weighted by atomic mass is 9.75. The minimum Gasteiger partial charge on any atom is -0.744 e. The molecule has 4 aliphatic rings. The number of benzene rings is 4. The van der Waals surface area contributed by atoms with Crippen LogP contribution in [0.4, 0.5) is 23.3 Å². The number of aryl methyl sites for hydroxylation is 1. The molecule has 1 atom stereocenters. The number of anilines is 3. The van der Waals surface area contributed by atoms with Crippen molar-refractivity contribution in [3.05, 3.63) is 102 Å². The first kappa shape index (κ1) is 58.3. The van der Waals surface area contributed by atoms with Gasteiger partial charge in [-0.2, -0.15) is 36.4 Å². The number of carbonyl (C=O) groups is 2. The van der Waals surface area contributed by atoms with Crippen LogP contribution in [0.2, 0.25) is 0 Å². The van der Waals surface area contributed by atoms with E-state index < -0.39 is 52.9 Å². The first-order valence-electron chi connectivity index (χ1n) is 27.4. The maximum atomic E-state index is 13.4. The SMILES string of the molecule is CCCC1(C)/C(=C\C=C\C2=[N+](CCCCCC(=O)NC3CCN(c4nc(C)nc(N5CCC(C(=O)O)CC5)n4)CC3)c3ccc4c(S(=O)(=O)O)cccc4c3C2(C)C)N(CCCS(=O)(=O)O)c2ccc3c(S(=O)(=O)[O-])cccc3c21. The summed E-state index contributed by atoms with van der Waals surface area (Å²) in [6, 6.07) is 16.4. The van der Waals surface area contributed by atoms with Crippen LogP contribution in [0.15, 0.2) is 94.4 Å². The van der Waals surface area contributed by atoms with Crippen LogP contribution >= 0.6 is 0 Å². The van der Waals surface area contributed by atoms with Crippen LogP contribution < -0.4 is 20.0 Å². The average molecular weight is 1160 g/mol. The molecule has 0 aliphatic carbocycles. The molecule has 1 unspecified atom stereocenters. The third-order valence-electron chi connectivity index (χ3n) is 16.4. The maximum absolute atomic E-state index is 13.4. The summed E-state index contributed by atoms with van der Waals surface area (Å²) in [5.41, 5.74) is 3.47. The van der Waals surface area contributed by atoms with Crippen LogP contribution in [0, 0.1) is 12.8 Å². The summed E-state index contributed by atoms with van der Waals surface area (Å²) >= 11 is 0. The molecule has 0 radical (unpaired) electrons. The van der Waals surface area contributed by atoms with E-state index in [4.69, 9.17) is 4.98 Å². The molecule has 5 heterocycles. The lowest BCUT2D eigenvalue weighted by Gasteiger charge is -2.34. The molecule has 2 saturated heterocycles. The van der Waals surface area contributed by atoms with Crippen molar-refractivity contribution in [2.24, 2.45) is 5.92 Å². The summed E-state index contributed by atoms with van der Waals surface area (Å²) in [7, 11) is -13.7. The summed E-state index contributed by atoms with van der Waals surface area (Å²) in [5.74, 6) is 0.0660. The van der Waals surface area contributed by atoms with Crippen molar-refractivity contribution in [1.29, 1.82) is 0 Å². The molecule has 0 spiro atoms. The van der Waals surface area contributed by atoms with Gasteiger partial charge in [0.25, 0.3) is 20.2 Å². The molecule has 5 aromatic rings. The van der Waals surface area contributed by atoms with Gasteiger partial charge in [-0.1, -0.05) is 49.8 Å². The number of fused-ring (bicyclic) bond motifs is 6. The molecular weight excluding hydrogens is 1080 g/mol.